The third kappa shape index (κ3) is 6.44. The van der Waals surface area contributed by atoms with E-state index in [0.717, 1.165) is 17.1 Å². The van der Waals surface area contributed by atoms with Crippen molar-refractivity contribution in [2.75, 3.05) is 4.90 Å². The van der Waals surface area contributed by atoms with Crippen LogP contribution in [0.5, 0.6) is 0 Å². The molecule has 0 spiro atoms. The Balaban J connectivity index is 1.06. The summed E-state index contributed by atoms with van der Waals surface area (Å²) in [4.78, 5) is 2.49. The maximum absolute atomic E-state index is 2.49. The number of nitrogens with zero attached hydrogens (tertiary/aromatic N) is 1. The Bertz CT molecular complexity index is 3480. The van der Waals surface area contributed by atoms with Gasteiger partial charge in [0, 0.05) is 68.3 Å². The normalized spacial score (nSPS) is 11.5. The summed E-state index contributed by atoms with van der Waals surface area (Å²) in [5, 5.41) is 5.20. The summed E-state index contributed by atoms with van der Waals surface area (Å²) in [6, 6.07) is 86.6. The molecule has 0 aliphatic rings. The molecule has 296 valence electrons. The summed E-state index contributed by atoms with van der Waals surface area (Å²) in [6.45, 7) is 0. The number of rotatable bonds is 8. The SMILES string of the molecule is c1ccc(-c2ccccc2-c2ccccc2-c2ccc(N(c3ccccc3-c3cccc4c3sc3ccccc34)c3ccccc3-c3cccc4c3sc3ccccc34)cc2)cc1. The maximum Gasteiger partial charge on any atom is 0.0540 e. The quantitative estimate of drug-likeness (QED) is 0.147. The summed E-state index contributed by atoms with van der Waals surface area (Å²) in [5.74, 6) is 0. The Hall–Kier alpha value is -7.56. The molecule has 12 rings (SSSR count). The minimum absolute atomic E-state index is 1.09. The van der Waals surface area contributed by atoms with Gasteiger partial charge in [0.15, 0.2) is 0 Å². The van der Waals surface area contributed by atoms with Crippen molar-refractivity contribution < 1.29 is 0 Å². The van der Waals surface area contributed by atoms with Gasteiger partial charge in [-0.05, 0) is 69.8 Å². The third-order valence-corrected chi connectivity index (χ3v) is 14.8. The number of anilines is 3. The van der Waals surface area contributed by atoms with Crippen molar-refractivity contribution in [3.05, 3.63) is 237 Å². The molecule has 0 fully saturated rings. The van der Waals surface area contributed by atoms with E-state index in [1.165, 1.54) is 96.0 Å². The molecule has 1 nitrogen and oxygen atoms in total. The van der Waals surface area contributed by atoms with Crippen LogP contribution < -0.4 is 4.90 Å². The Kier molecular flexibility index (Phi) is 9.29. The standard InChI is InChI=1S/C60H39NS2/c1-2-18-40(19-3-1)43-20-4-6-22-45(43)46-23-7-5-21-44(46)41-36-38-42(39-37-41)61(55-32-12-8-24-47(55)51-28-16-30-53-49-26-10-14-34-57(49)62-59(51)53)56-33-13-9-25-48(56)52-29-17-31-54-50-27-11-15-35-58(50)63-60(52)54/h1-39H. The van der Waals surface area contributed by atoms with E-state index in [1.807, 2.05) is 22.7 Å². The molecule has 0 amide bonds. The van der Waals surface area contributed by atoms with Crippen LogP contribution in [0.25, 0.3) is 96.0 Å². The van der Waals surface area contributed by atoms with E-state index in [1.54, 1.807) is 0 Å². The van der Waals surface area contributed by atoms with Gasteiger partial charge < -0.3 is 4.90 Å². The van der Waals surface area contributed by atoms with Crippen molar-refractivity contribution in [2.24, 2.45) is 0 Å². The predicted molar refractivity (Wildman–Crippen MR) is 274 cm³/mol. The molecule has 0 aliphatic carbocycles. The van der Waals surface area contributed by atoms with E-state index in [4.69, 9.17) is 0 Å². The zero-order chi connectivity index (χ0) is 41.7. The van der Waals surface area contributed by atoms with Gasteiger partial charge >= 0.3 is 0 Å². The first kappa shape index (κ1) is 37.2. The Morgan fingerprint density at radius 3 is 1.11 bits per heavy atom. The van der Waals surface area contributed by atoms with Crippen LogP contribution in [0, 0.1) is 0 Å². The number of hydrogen-bond donors (Lipinski definition) is 0. The number of fused-ring (bicyclic) bond motifs is 6. The lowest BCUT2D eigenvalue weighted by atomic mass is 9.89. The second kappa shape index (κ2) is 15.7. The van der Waals surface area contributed by atoms with Gasteiger partial charge in [-0.25, -0.2) is 0 Å². The van der Waals surface area contributed by atoms with Crippen molar-refractivity contribution in [1.29, 1.82) is 0 Å². The second-order valence-electron chi connectivity index (χ2n) is 15.9. The van der Waals surface area contributed by atoms with Crippen LogP contribution >= 0.6 is 22.7 Å². The molecule has 0 radical (unpaired) electrons. The lowest BCUT2D eigenvalue weighted by Crippen LogP contribution is -2.12. The van der Waals surface area contributed by atoms with Crippen molar-refractivity contribution >= 4 is 80.1 Å². The van der Waals surface area contributed by atoms with Crippen LogP contribution in [0.15, 0.2) is 237 Å². The highest BCUT2D eigenvalue weighted by Gasteiger charge is 2.23. The topological polar surface area (TPSA) is 3.24 Å². The fourth-order valence-electron chi connectivity index (χ4n) is 9.47. The molecule has 0 atom stereocenters. The van der Waals surface area contributed by atoms with Crippen LogP contribution in [-0.4, -0.2) is 0 Å². The van der Waals surface area contributed by atoms with E-state index >= 15 is 0 Å². The molecule has 3 heteroatoms. The average molecular weight is 838 g/mol. The lowest BCUT2D eigenvalue weighted by Gasteiger charge is -2.30. The molecule has 0 N–H and O–H groups in total. The lowest BCUT2D eigenvalue weighted by molar-refractivity contribution is 1.29. The van der Waals surface area contributed by atoms with E-state index in [2.05, 4.69) is 241 Å². The summed E-state index contributed by atoms with van der Waals surface area (Å²) in [6.07, 6.45) is 0. The molecule has 0 bridgehead atoms. The van der Waals surface area contributed by atoms with Gasteiger partial charge in [-0.2, -0.15) is 0 Å². The molecular weight excluding hydrogens is 799 g/mol. The van der Waals surface area contributed by atoms with Crippen LogP contribution in [0.2, 0.25) is 0 Å². The van der Waals surface area contributed by atoms with Gasteiger partial charge in [0.2, 0.25) is 0 Å². The van der Waals surface area contributed by atoms with Gasteiger partial charge in [-0.3, -0.25) is 0 Å². The highest BCUT2D eigenvalue weighted by Crippen LogP contribution is 2.50. The van der Waals surface area contributed by atoms with E-state index in [0.29, 0.717) is 0 Å². The van der Waals surface area contributed by atoms with Crippen molar-refractivity contribution in [3.63, 3.8) is 0 Å². The summed E-state index contributed by atoms with van der Waals surface area (Å²) < 4.78 is 5.21. The van der Waals surface area contributed by atoms with Crippen molar-refractivity contribution in [1.82, 2.24) is 0 Å². The van der Waals surface area contributed by atoms with Gasteiger partial charge in [-0.15, -0.1) is 22.7 Å². The average Bonchev–Trinajstić information content (AvgIpc) is 3.94. The molecule has 12 aromatic rings. The van der Waals surface area contributed by atoms with Gasteiger partial charge in [0.05, 0.1) is 11.4 Å². The van der Waals surface area contributed by atoms with Gasteiger partial charge in [-0.1, -0.05) is 200 Å². The molecular formula is C60H39NS2. The zero-order valence-electron chi connectivity index (χ0n) is 34.3. The molecule has 10 aromatic carbocycles. The van der Waals surface area contributed by atoms with Crippen molar-refractivity contribution in [2.45, 2.75) is 0 Å². The maximum atomic E-state index is 2.49. The first-order valence-corrected chi connectivity index (χ1v) is 23.1. The Labute approximate surface area is 375 Å². The smallest absolute Gasteiger partial charge is 0.0540 e. The van der Waals surface area contributed by atoms with Gasteiger partial charge in [0.1, 0.15) is 0 Å². The summed E-state index contributed by atoms with van der Waals surface area (Å²) >= 11 is 3.76. The molecule has 2 aromatic heterocycles. The highest BCUT2D eigenvalue weighted by atomic mass is 32.1. The molecule has 63 heavy (non-hydrogen) atoms. The van der Waals surface area contributed by atoms with Gasteiger partial charge in [0.25, 0.3) is 0 Å². The minimum atomic E-state index is 1.09. The number of benzene rings is 10. The molecule has 0 aliphatic heterocycles. The fraction of sp³-hybridized carbons (Fsp3) is 0. The Morgan fingerprint density at radius 2 is 0.603 bits per heavy atom. The van der Waals surface area contributed by atoms with E-state index in [-0.39, 0.29) is 0 Å². The molecule has 0 saturated carbocycles. The number of thiophene rings is 2. The van der Waals surface area contributed by atoms with Crippen LogP contribution in [0.3, 0.4) is 0 Å². The first-order chi connectivity index (χ1) is 31.3. The predicted octanol–water partition coefficient (Wildman–Crippen LogP) is 18.2. The summed E-state index contributed by atoms with van der Waals surface area (Å²) in [7, 11) is 0. The number of para-hydroxylation sites is 2. The molecule has 0 unspecified atom stereocenters. The summed E-state index contributed by atoms with van der Waals surface area (Å²) in [5.41, 5.74) is 15.4. The molecule has 2 heterocycles. The molecule has 0 saturated heterocycles. The fourth-order valence-corrected chi connectivity index (χ4v) is 11.9. The minimum Gasteiger partial charge on any atom is -0.309 e. The monoisotopic (exact) mass is 837 g/mol. The van der Waals surface area contributed by atoms with E-state index < -0.39 is 0 Å². The van der Waals surface area contributed by atoms with Crippen LogP contribution in [0.4, 0.5) is 17.1 Å². The van der Waals surface area contributed by atoms with Crippen molar-refractivity contribution in [3.8, 4) is 55.6 Å². The van der Waals surface area contributed by atoms with E-state index in [9.17, 15) is 0 Å². The first-order valence-electron chi connectivity index (χ1n) is 21.4. The van der Waals surface area contributed by atoms with Crippen LogP contribution in [0.1, 0.15) is 0 Å². The zero-order valence-corrected chi connectivity index (χ0v) is 35.9. The highest BCUT2D eigenvalue weighted by molar-refractivity contribution is 7.26. The number of hydrogen-bond acceptors (Lipinski definition) is 3. The largest absolute Gasteiger partial charge is 0.309 e. The Morgan fingerprint density at radius 1 is 0.238 bits per heavy atom. The van der Waals surface area contributed by atoms with Crippen LogP contribution in [-0.2, 0) is 0 Å². The second-order valence-corrected chi connectivity index (χ2v) is 18.0. The third-order valence-electron chi connectivity index (χ3n) is 12.3.